The molecule has 0 radical (unpaired) electrons. The molecule has 168 valence electrons. The van der Waals surface area contributed by atoms with Crippen molar-refractivity contribution < 1.29 is 14.0 Å². The highest BCUT2D eigenvalue weighted by atomic mass is 19.1. The van der Waals surface area contributed by atoms with E-state index >= 15 is 0 Å². The zero-order valence-corrected chi connectivity index (χ0v) is 18.0. The molecule has 1 aliphatic heterocycles. The van der Waals surface area contributed by atoms with Crippen molar-refractivity contribution in [2.75, 3.05) is 13.1 Å². The van der Waals surface area contributed by atoms with Crippen molar-refractivity contribution in [1.82, 2.24) is 24.0 Å². The summed E-state index contributed by atoms with van der Waals surface area (Å²) in [4.78, 5) is 49.0. The number of halogens is 1. The Labute approximate surface area is 183 Å². The van der Waals surface area contributed by atoms with Crippen LogP contribution in [0.3, 0.4) is 0 Å². The van der Waals surface area contributed by atoms with E-state index in [0.717, 1.165) is 19.3 Å². The van der Waals surface area contributed by atoms with Crippen molar-refractivity contribution in [3.63, 3.8) is 0 Å². The van der Waals surface area contributed by atoms with E-state index in [1.54, 1.807) is 24.8 Å². The molecular weight excluding hydrogens is 415 g/mol. The number of nitrogens with two attached hydrogens (primary N) is 1. The Bertz CT molecular complexity index is 1260. The average molecular weight is 440 g/mol. The number of aromatic nitrogens is 4. The molecule has 0 atom stereocenters. The van der Waals surface area contributed by atoms with Gasteiger partial charge in [-0.05, 0) is 45.2 Å². The number of carbonyl (C=O) groups excluding carboxylic acids is 2. The van der Waals surface area contributed by atoms with Crippen molar-refractivity contribution in [2.24, 2.45) is 5.73 Å². The van der Waals surface area contributed by atoms with Gasteiger partial charge in [0.2, 0.25) is 5.91 Å². The summed E-state index contributed by atoms with van der Waals surface area (Å²) in [7, 11) is 0. The number of imidazole rings is 1. The van der Waals surface area contributed by atoms with E-state index in [1.165, 1.54) is 27.3 Å². The summed E-state index contributed by atoms with van der Waals surface area (Å²) in [6, 6.07) is 5.31. The number of nitrogens with zero attached hydrogens (tertiary/aromatic N) is 5. The van der Waals surface area contributed by atoms with Crippen molar-refractivity contribution in [2.45, 2.75) is 45.7 Å². The summed E-state index contributed by atoms with van der Waals surface area (Å²) in [5.41, 5.74) is 5.58. The number of carbonyl (C=O) groups is 2. The Morgan fingerprint density at radius 3 is 2.50 bits per heavy atom. The monoisotopic (exact) mass is 440 g/mol. The van der Waals surface area contributed by atoms with Crippen LogP contribution in [0.2, 0.25) is 0 Å². The first-order valence-corrected chi connectivity index (χ1v) is 10.6. The first kappa shape index (κ1) is 21.7. The molecule has 2 amide bonds. The summed E-state index contributed by atoms with van der Waals surface area (Å²) < 4.78 is 16.4. The van der Waals surface area contributed by atoms with E-state index in [0.29, 0.717) is 18.7 Å². The average Bonchev–Trinajstić information content (AvgIpc) is 3.04. The second kappa shape index (κ2) is 8.52. The normalized spacial score (nSPS) is 14.3. The molecule has 2 aromatic heterocycles. The maximum atomic E-state index is 13.8. The van der Waals surface area contributed by atoms with E-state index in [-0.39, 0.29) is 41.2 Å². The number of piperidine rings is 1. The number of likely N-dealkylation sites (tertiary alicyclic amines) is 1. The van der Waals surface area contributed by atoms with Crippen LogP contribution in [-0.4, -0.2) is 48.9 Å². The zero-order valence-electron chi connectivity index (χ0n) is 18.0. The van der Waals surface area contributed by atoms with E-state index in [1.807, 2.05) is 0 Å². The molecule has 3 heterocycles. The topological polar surface area (TPSA) is 116 Å². The lowest BCUT2D eigenvalue weighted by Crippen LogP contribution is -2.40. The molecule has 0 unspecified atom stereocenters. The second-order valence-corrected chi connectivity index (χ2v) is 8.22. The Kier molecular flexibility index (Phi) is 5.77. The van der Waals surface area contributed by atoms with Gasteiger partial charge in [0.15, 0.2) is 17.2 Å². The van der Waals surface area contributed by atoms with Crippen LogP contribution in [0.25, 0.3) is 22.6 Å². The zero-order chi connectivity index (χ0) is 23.0. The third-order valence-electron chi connectivity index (χ3n) is 5.64. The number of amides is 2. The van der Waals surface area contributed by atoms with E-state index in [4.69, 9.17) is 5.73 Å². The van der Waals surface area contributed by atoms with Gasteiger partial charge in [-0.25, -0.2) is 19.2 Å². The van der Waals surface area contributed by atoms with Crippen LogP contribution < -0.4 is 11.4 Å². The lowest BCUT2D eigenvalue weighted by atomic mass is 10.1. The third-order valence-corrected chi connectivity index (χ3v) is 5.64. The summed E-state index contributed by atoms with van der Waals surface area (Å²) in [6.45, 7) is 4.63. The molecule has 10 heteroatoms. The summed E-state index contributed by atoms with van der Waals surface area (Å²) >= 11 is 0. The van der Waals surface area contributed by atoms with Gasteiger partial charge in [-0.15, -0.1) is 0 Å². The van der Waals surface area contributed by atoms with Crippen molar-refractivity contribution >= 4 is 23.0 Å². The van der Waals surface area contributed by atoms with Crippen LogP contribution in [0.1, 0.15) is 49.6 Å². The van der Waals surface area contributed by atoms with Gasteiger partial charge < -0.3 is 10.6 Å². The lowest BCUT2D eigenvalue weighted by Gasteiger charge is -2.26. The van der Waals surface area contributed by atoms with Crippen molar-refractivity contribution in [3.8, 4) is 11.4 Å². The van der Waals surface area contributed by atoms with Crippen molar-refractivity contribution in [1.29, 1.82) is 0 Å². The summed E-state index contributed by atoms with van der Waals surface area (Å²) in [5.74, 6) is -1.49. The van der Waals surface area contributed by atoms with E-state index in [2.05, 4.69) is 9.97 Å². The third kappa shape index (κ3) is 3.88. The highest BCUT2D eigenvalue weighted by Crippen LogP contribution is 2.24. The maximum absolute atomic E-state index is 13.8. The molecule has 1 fully saturated rings. The van der Waals surface area contributed by atoms with Gasteiger partial charge >= 0.3 is 5.69 Å². The number of fused-ring (bicyclic) bond motifs is 1. The Hall–Kier alpha value is -3.56. The quantitative estimate of drug-likeness (QED) is 0.652. The van der Waals surface area contributed by atoms with Gasteiger partial charge in [0.1, 0.15) is 17.9 Å². The van der Waals surface area contributed by atoms with Crippen LogP contribution in [0.4, 0.5) is 4.39 Å². The fourth-order valence-corrected chi connectivity index (χ4v) is 4.09. The maximum Gasteiger partial charge on any atom is 0.331 e. The number of hydrogen-bond acceptors (Lipinski definition) is 5. The first-order chi connectivity index (χ1) is 15.3. The van der Waals surface area contributed by atoms with E-state index < -0.39 is 17.4 Å². The molecule has 0 aliphatic carbocycles. The molecular formula is C22H25FN6O3. The fraction of sp³-hybridized carbons (Fsp3) is 0.409. The van der Waals surface area contributed by atoms with Gasteiger partial charge in [-0.2, -0.15) is 0 Å². The molecule has 4 rings (SSSR count). The number of benzene rings is 1. The van der Waals surface area contributed by atoms with Gasteiger partial charge in [0.05, 0.1) is 0 Å². The largest absolute Gasteiger partial charge is 0.364 e. The fourth-order valence-electron chi connectivity index (χ4n) is 4.09. The lowest BCUT2D eigenvalue weighted by molar-refractivity contribution is -0.132. The molecule has 1 aromatic carbocycles. The van der Waals surface area contributed by atoms with Crippen LogP contribution in [0.15, 0.2) is 29.1 Å². The molecule has 9 nitrogen and oxygen atoms in total. The number of hydrogen-bond donors (Lipinski definition) is 1. The predicted octanol–water partition coefficient (Wildman–Crippen LogP) is 2.09. The molecule has 0 bridgehead atoms. The molecule has 0 spiro atoms. The molecule has 3 aromatic rings. The standard InChI is InChI=1S/C22H25FN6O3/c1-13(2)29-21-18(28(22(29)32)12-16(30)27-9-4-3-5-10-27)17(19(24)31)25-20(26-21)14-7-6-8-15(23)11-14/h6-8,11,13H,3-5,9-10,12H2,1-2H3,(H2,24,31). The first-order valence-electron chi connectivity index (χ1n) is 10.6. The minimum absolute atomic E-state index is 0.0692. The number of rotatable bonds is 5. The van der Waals surface area contributed by atoms with E-state index in [9.17, 15) is 18.8 Å². The van der Waals surface area contributed by atoms with Crippen LogP contribution in [0, 0.1) is 5.82 Å². The smallest absolute Gasteiger partial charge is 0.331 e. The van der Waals surface area contributed by atoms with Gasteiger partial charge in [0, 0.05) is 24.7 Å². The minimum Gasteiger partial charge on any atom is -0.364 e. The van der Waals surface area contributed by atoms with Gasteiger partial charge in [-0.1, -0.05) is 12.1 Å². The van der Waals surface area contributed by atoms with Crippen LogP contribution >= 0.6 is 0 Å². The second-order valence-electron chi connectivity index (χ2n) is 8.22. The molecule has 32 heavy (non-hydrogen) atoms. The van der Waals surface area contributed by atoms with Crippen molar-refractivity contribution in [3.05, 3.63) is 46.3 Å². The van der Waals surface area contributed by atoms with Gasteiger partial charge in [0.25, 0.3) is 5.91 Å². The highest BCUT2D eigenvalue weighted by Gasteiger charge is 2.27. The Morgan fingerprint density at radius 2 is 1.88 bits per heavy atom. The minimum atomic E-state index is -0.866. The summed E-state index contributed by atoms with van der Waals surface area (Å²) in [6.07, 6.45) is 2.90. The molecule has 0 saturated carbocycles. The summed E-state index contributed by atoms with van der Waals surface area (Å²) in [5, 5.41) is 0. The van der Waals surface area contributed by atoms with Crippen LogP contribution in [0.5, 0.6) is 0 Å². The Morgan fingerprint density at radius 1 is 1.16 bits per heavy atom. The molecule has 1 saturated heterocycles. The molecule has 1 aliphatic rings. The number of primary amides is 1. The Balaban J connectivity index is 1.93. The highest BCUT2D eigenvalue weighted by molar-refractivity contribution is 6.02. The predicted molar refractivity (Wildman–Crippen MR) is 117 cm³/mol. The van der Waals surface area contributed by atoms with Crippen LogP contribution in [-0.2, 0) is 11.3 Å². The molecule has 2 N–H and O–H groups in total. The SMILES string of the molecule is CC(C)n1c(=O)n(CC(=O)N2CCCCC2)c2c(C(N)=O)nc(-c3cccc(F)c3)nc21. The van der Waals surface area contributed by atoms with Gasteiger partial charge in [-0.3, -0.25) is 18.7 Å².